The molecule has 2 aromatic carbocycles. The second-order valence-electron chi connectivity index (χ2n) is 4.85. The van der Waals surface area contributed by atoms with Gasteiger partial charge in [0.05, 0.1) is 11.6 Å². The van der Waals surface area contributed by atoms with Crippen molar-refractivity contribution in [3.8, 4) is 17.1 Å². The highest BCUT2D eigenvalue weighted by Crippen LogP contribution is 2.22. The lowest BCUT2D eigenvalue weighted by molar-refractivity contribution is 0.280. The third-order valence-corrected chi connectivity index (χ3v) is 3.46. The number of aromatic nitrogens is 4. The first-order valence-corrected chi connectivity index (χ1v) is 7.32. The van der Waals surface area contributed by atoms with Crippen molar-refractivity contribution in [2.75, 3.05) is 6.61 Å². The van der Waals surface area contributed by atoms with Crippen molar-refractivity contribution in [3.05, 3.63) is 59.1 Å². The quantitative estimate of drug-likeness (QED) is 0.724. The normalized spacial score (nSPS) is 10.6. The van der Waals surface area contributed by atoms with Gasteiger partial charge in [-0.2, -0.15) is 4.80 Å². The standard InChI is InChI=1S/C16H15ClN4O/c1-12-6-8-13(9-7-12)16-18-20-21(19-16)10-11-22-15-5-3-2-4-14(15)17/h2-9H,10-11H2,1H3. The minimum absolute atomic E-state index is 0.424. The summed E-state index contributed by atoms with van der Waals surface area (Å²) in [7, 11) is 0. The van der Waals surface area contributed by atoms with E-state index in [0.29, 0.717) is 29.7 Å². The zero-order valence-electron chi connectivity index (χ0n) is 12.1. The predicted octanol–water partition coefficient (Wildman–Crippen LogP) is 3.38. The van der Waals surface area contributed by atoms with Gasteiger partial charge in [0, 0.05) is 5.56 Å². The number of benzene rings is 2. The fourth-order valence-corrected chi connectivity index (χ4v) is 2.15. The summed E-state index contributed by atoms with van der Waals surface area (Å²) in [6, 6.07) is 15.4. The number of tetrazole rings is 1. The molecule has 0 spiro atoms. The minimum Gasteiger partial charge on any atom is -0.490 e. The molecule has 112 valence electrons. The van der Waals surface area contributed by atoms with Crippen LogP contribution in [0.4, 0.5) is 0 Å². The molecular formula is C16H15ClN4O. The van der Waals surface area contributed by atoms with Gasteiger partial charge in [-0.25, -0.2) is 0 Å². The fraction of sp³-hybridized carbons (Fsp3) is 0.188. The summed E-state index contributed by atoms with van der Waals surface area (Å²) in [6.07, 6.45) is 0. The first-order valence-electron chi connectivity index (χ1n) is 6.94. The summed E-state index contributed by atoms with van der Waals surface area (Å²) >= 11 is 6.03. The third kappa shape index (κ3) is 3.43. The highest BCUT2D eigenvalue weighted by molar-refractivity contribution is 6.32. The van der Waals surface area contributed by atoms with Crippen LogP contribution in [0.5, 0.6) is 5.75 Å². The van der Waals surface area contributed by atoms with Crippen molar-refractivity contribution >= 4 is 11.6 Å². The molecule has 0 saturated heterocycles. The summed E-state index contributed by atoms with van der Waals surface area (Å²) in [6.45, 7) is 2.97. The van der Waals surface area contributed by atoms with Gasteiger partial charge >= 0.3 is 0 Å². The second-order valence-corrected chi connectivity index (χ2v) is 5.26. The van der Waals surface area contributed by atoms with E-state index in [4.69, 9.17) is 16.3 Å². The Morgan fingerprint density at radius 1 is 1.09 bits per heavy atom. The lowest BCUT2D eigenvalue weighted by atomic mass is 10.1. The van der Waals surface area contributed by atoms with Crippen LogP contribution in [0, 0.1) is 6.92 Å². The first kappa shape index (κ1) is 14.5. The molecular weight excluding hydrogens is 300 g/mol. The SMILES string of the molecule is Cc1ccc(-c2nnn(CCOc3ccccc3Cl)n2)cc1. The van der Waals surface area contributed by atoms with Crippen LogP contribution in [0.15, 0.2) is 48.5 Å². The molecule has 3 aromatic rings. The molecule has 0 fully saturated rings. The molecule has 0 aliphatic carbocycles. The molecule has 0 bridgehead atoms. The fourth-order valence-electron chi connectivity index (χ4n) is 1.96. The Bertz CT molecular complexity index is 755. The van der Waals surface area contributed by atoms with E-state index in [1.54, 1.807) is 6.07 Å². The van der Waals surface area contributed by atoms with E-state index >= 15 is 0 Å². The van der Waals surface area contributed by atoms with E-state index in [-0.39, 0.29) is 0 Å². The van der Waals surface area contributed by atoms with Gasteiger partial charge in [0.25, 0.3) is 0 Å². The van der Waals surface area contributed by atoms with Crippen LogP contribution in [0.2, 0.25) is 5.02 Å². The molecule has 6 heteroatoms. The summed E-state index contributed by atoms with van der Waals surface area (Å²) in [5.74, 6) is 1.26. The summed E-state index contributed by atoms with van der Waals surface area (Å²) in [5, 5.41) is 13.0. The Morgan fingerprint density at radius 2 is 1.86 bits per heavy atom. The predicted molar refractivity (Wildman–Crippen MR) is 84.9 cm³/mol. The van der Waals surface area contributed by atoms with Crippen molar-refractivity contribution in [3.63, 3.8) is 0 Å². The molecule has 1 heterocycles. The van der Waals surface area contributed by atoms with Crippen LogP contribution in [-0.4, -0.2) is 26.8 Å². The van der Waals surface area contributed by atoms with E-state index in [2.05, 4.69) is 15.4 Å². The monoisotopic (exact) mass is 314 g/mol. The van der Waals surface area contributed by atoms with Gasteiger partial charge in [0.2, 0.25) is 5.82 Å². The van der Waals surface area contributed by atoms with Crippen molar-refractivity contribution in [1.82, 2.24) is 20.2 Å². The largest absolute Gasteiger partial charge is 0.490 e. The lowest BCUT2D eigenvalue weighted by Crippen LogP contribution is -2.11. The third-order valence-electron chi connectivity index (χ3n) is 3.15. The number of nitrogens with zero attached hydrogens (tertiary/aromatic N) is 4. The first-order chi connectivity index (χ1) is 10.7. The number of ether oxygens (including phenoxy) is 1. The molecule has 0 unspecified atom stereocenters. The number of hydrogen-bond acceptors (Lipinski definition) is 4. The Balaban J connectivity index is 1.60. The molecule has 5 nitrogen and oxygen atoms in total. The van der Waals surface area contributed by atoms with Crippen LogP contribution in [0.3, 0.4) is 0 Å². The highest BCUT2D eigenvalue weighted by Gasteiger charge is 2.06. The van der Waals surface area contributed by atoms with E-state index in [1.165, 1.54) is 10.4 Å². The molecule has 0 amide bonds. The van der Waals surface area contributed by atoms with Crippen LogP contribution in [0.1, 0.15) is 5.56 Å². The van der Waals surface area contributed by atoms with Crippen molar-refractivity contribution in [2.45, 2.75) is 13.5 Å². The Morgan fingerprint density at radius 3 is 2.64 bits per heavy atom. The molecule has 0 N–H and O–H groups in total. The van der Waals surface area contributed by atoms with Gasteiger partial charge < -0.3 is 4.74 Å². The lowest BCUT2D eigenvalue weighted by Gasteiger charge is -2.06. The van der Waals surface area contributed by atoms with Gasteiger partial charge in [-0.15, -0.1) is 10.2 Å². The maximum Gasteiger partial charge on any atom is 0.204 e. The molecule has 0 saturated carbocycles. The van der Waals surface area contributed by atoms with Gasteiger partial charge in [0.15, 0.2) is 0 Å². The molecule has 0 atom stereocenters. The van der Waals surface area contributed by atoms with E-state index in [1.807, 2.05) is 49.4 Å². The molecule has 22 heavy (non-hydrogen) atoms. The Hall–Kier alpha value is -2.40. The van der Waals surface area contributed by atoms with Crippen LogP contribution in [0.25, 0.3) is 11.4 Å². The summed E-state index contributed by atoms with van der Waals surface area (Å²) in [5.41, 5.74) is 2.15. The zero-order chi connectivity index (χ0) is 15.4. The zero-order valence-corrected chi connectivity index (χ0v) is 12.9. The molecule has 0 radical (unpaired) electrons. The van der Waals surface area contributed by atoms with Crippen molar-refractivity contribution < 1.29 is 4.74 Å². The summed E-state index contributed by atoms with van der Waals surface area (Å²) in [4.78, 5) is 1.52. The minimum atomic E-state index is 0.424. The average Bonchev–Trinajstić information content (AvgIpc) is 2.99. The number of aryl methyl sites for hydroxylation is 1. The summed E-state index contributed by atoms with van der Waals surface area (Å²) < 4.78 is 5.61. The van der Waals surface area contributed by atoms with E-state index < -0.39 is 0 Å². The van der Waals surface area contributed by atoms with Crippen LogP contribution in [-0.2, 0) is 6.54 Å². The van der Waals surface area contributed by atoms with Crippen LogP contribution >= 0.6 is 11.6 Å². The maximum absolute atomic E-state index is 6.03. The van der Waals surface area contributed by atoms with E-state index in [9.17, 15) is 0 Å². The number of halogens is 1. The topological polar surface area (TPSA) is 52.8 Å². The Labute approximate surface area is 133 Å². The van der Waals surface area contributed by atoms with Crippen molar-refractivity contribution in [2.24, 2.45) is 0 Å². The average molecular weight is 315 g/mol. The molecule has 1 aromatic heterocycles. The maximum atomic E-state index is 6.03. The number of hydrogen-bond donors (Lipinski definition) is 0. The van der Waals surface area contributed by atoms with Gasteiger partial charge in [0.1, 0.15) is 12.4 Å². The van der Waals surface area contributed by atoms with Crippen LogP contribution < -0.4 is 4.74 Å². The number of para-hydroxylation sites is 1. The van der Waals surface area contributed by atoms with Gasteiger partial charge in [-0.05, 0) is 24.3 Å². The molecule has 0 aliphatic rings. The van der Waals surface area contributed by atoms with Gasteiger partial charge in [-0.1, -0.05) is 53.6 Å². The van der Waals surface area contributed by atoms with E-state index in [0.717, 1.165) is 5.56 Å². The second kappa shape index (κ2) is 6.58. The smallest absolute Gasteiger partial charge is 0.204 e. The molecule has 3 rings (SSSR count). The van der Waals surface area contributed by atoms with Crippen molar-refractivity contribution in [1.29, 1.82) is 0 Å². The number of rotatable bonds is 5. The Kier molecular flexibility index (Phi) is 4.34. The molecule has 0 aliphatic heterocycles. The van der Waals surface area contributed by atoms with Gasteiger partial charge in [-0.3, -0.25) is 0 Å². The highest BCUT2D eigenvalue weighted by atomic mass is 35.5.